The molecule has 0 bridgehead atoms. The number of benzene rings is 4. The molecule has 164 valence electrons. The first-order chi connectivity index (χ1) is 13.9. The minimum Gasteiger partial charge on any atom is -0.179 e. The molecule has 0 aliphatic heterocycles. The summed E-state index contributed by atoms with van der Waals surface area (Å²) in [5, 5.41) is 0. The zero-order valence-electron chi connectivity index (χ0n) is 19.5. The Hall–Kier alpha value is -2.02. The summed E-state index contributed by atoms with van der Waals surface area (Å²) in [5.74, 6) is 0. The second kappa shape index (κ2) is 14.2. The molecule has 0 N–H and O–H groups in total. The van der Waals surface area contributed by atoms with E-state index in [9.17, 15) is 0 Å². The van der Waals surface area contributed by atoms with Crippen molar-refractivity contribution >= 4 is 6.88 Å². The van der Waals surface area contributed by atoms with E-state index in [1.54, 1.807) is 0 Å². The van der Waals surface area contributed by atoms with Crippen LogP contribution in [0.15, 0.2) is 84.9 Å². The molecule has 0 nitrogen and oxygen atoms in total. The Morgan fingerprint density at radius 2 is 0.844 bits per heavy atom. The Balaban J connectivity index is 0.000000500. The minimum absolute atomic E-state index is 0. The topological polar surface area (TPSA) is 0 Å². The molecule has 0 amide bonds. The average Bonchev–Trinajstić information content (AvgIpc) is 3.34. The van der Waals surface area contributed by atoms with Gasteiger partial charge in [0.25, 0.3) is 0 Å². The number of fused-ring (bicyclic) bond motifs is 6. The van der Waals surface area contributed by atoms with Crippen molar-refractivity contribution in [3.63, 3.8) is 0 Å². The van der Waals surface area contributed by atoms with E-state index in [0.29, 0.717) is 0 Å². The van der Waals surface area contributed by atoms with Gasteiger partial charge in [0.1, 0.15) is 0 Å². The van der Waals surface area contributed by atoms with E-state index in [-0.39, 0.29) is 29.7 Å². The Labute approximate surface area is 213 Å². The third-order valence-corrected chi connectivity index (χ3v) is 5.23. The van der Waals surface area contributed by atoms with Gasteiger partial charge in [-0.15, -0.1) is 11.1 Å². The summed E-state index contributed by atoms with van der Waals surface area (Å²) in [5.41, 5.74) is 11.0. The van der Waals surface area contributed by atoms with Gasteiger partial charge in [0.15, 0.2) is 0 Å². The molecular formula is C30H30SiZr-6. The summed E-state index contributed by atoms with van der Waals surface area (Å²) >= 11 is 1.36. The van der Waals surface area contributed by atoms with Crippen LogP contribution in [0.1, 0.15) is 22.3 Å². The molecule has 4 aromatic carbocycles. The molecule has 2 aliphatic carbocycles. The Morgan fingerprint density at radius 3 is 1.25 bits per heavy atom. The molecule has 0 spiro atoms. The zero-order chi connectivity index (χ0) is 19.3. The average molecular weight is 510 g/mol. The van der Waals surface area contributed by atoms with Crippen LogP contribution in [0, 0.1) is 41.8 Å². The van der Waals surface area contributed by atoms with Crippen LogP contribution in [0.2, 0.25) is 0 Å². The summed E-state index contributed by atoms with van der Waals surface area (Å²) < 4.78 is 0. The Kier molecular flexibility index (Phi) is 13.3. The van der Waals surface area contributed by atoms with Gasteiger partial charge < -0.3 is 29.7 Å². The maximum absolute atomic E-state index is 3.30. The third kappa shape index (κ3) is 6.06. The SMILES string of the molecule is [CH3-].[CH3-].[CH3-].[CH3-].[Si]=[Zr].[c-]1cccc2c1Cc1ccccc1-2.[c-]1cccc2c1Cc1ccccc1-2. The quantitative estimate of drug-likeness (QED) is 0.147. The van der Waals surface area contributed by atoms with Crippen molar-refractivity contribution in [1.29, 1.82) is 0 Å². The first-order valence-corrected chi connectivity index (χ1v) is 13.5. The first-order valence-electron chi connectivity index (χ1n) is 9.31. The molecule has 0 unspecified atom stereocenters. The summed E-state index contributed by atoms with van der Waals surface area (Å²) in [7, 11) is 0. The third-order valence-electron chi connectivity index (χ3n) is 5.23. The van der Waals surface area contributed by atoms with E-state index in [1.165, 1.54) is 67.8 Å². The fourth-order valence-electron chi connectivity index (χ4n) is 4.00. The van der Waals surface area contributed by atoms with Gasteiger partial charge in [-0.25, -0.2) is 0 Å². The number of hydrogen-bond donors (Lipinski definition) is 0. The van der Waals surface area contributed by atoms with Crippen LogP contribution in [-0.4, -0.2) is 6.88 Å². The molecule has 2 heteroatoms. The van der Waals surface area contributed by atoms with E-state index < -0.39 is 0 Å². The molecule has 2 radical (unpaired) electrons. The molecule has 0 heterocycles. The van der Waals surface area contributed by atoms with E-state index in [1.807, 2.05) is 12.1 Å². The maximum atomic E-state index is 3.30. The van der Waals surface area contributed by atoms with Gasteiger partial charge in [-0.05, 0) is 12.8 Å². The van der Waals surface area contributed by atoms with E-state index in [0.717, 1.165) is 12.8 Å². The smallest absolute Gasteiger partial charge is 0.0253 e. The standard InChI is InChI=1S/2C13H9.4CH3.Si.Zr/c2*1-3-7-12-10(5-1)9-11-6-2-4-8-13(11)12;;;;;;/h2*1-5,7-8H,9H2;4*1H3;;/q6*-1;;. The van der Waals surface area contributed by atoms with Crippen molar-refractivity contribution in [2.24, 2.45) is 0 Å². The molecule has 2 aliphatic rings. The molecule has 0 saturated heterocycles. The summed E-state index contributed by atoms with van der Waals surface area (Å²) in [6.45, 7) is 3.06. The van der Waals surface area contributed by atoms with E-state index in [2.05, 4.69) is 91.8 Å². The number of hydrogen-bond acceptors (Lipinski definition) is 0. The van der Waals surface area contributed by atoms with Gasteiger partial charge in [0.2, 0.25) is 0 Å². The van der Waals surface area contributed by atoms with E-state index >= 15 is 0 Å². The summed E-state index contributed by atoms with van der Waals surface area (Å²) in [6, 6.07) is 36.2. The molecule has 0 atom stereocenters. The maximum Gasteiger partial charge on any atom is -0.0253 e. The van der Waals surface area contributed by atoms with Gasteiger partial charge in [0.05, 0.1) is 0 Å². The van der Waals surface area contributed by atoms with Crippen LogP contribution in [0.3, 0.4) is 0 Å². The summed E-state index contributed by atoms with van der Waals surface area (Å²) in [6.07, 6.45) is 2.10. The molecule has 0 fully saturated rings. The van der Waals surface area contributed by atoms with Crippen LogP contribution < -0.4 is 0 Å². The molecular weight excluding hydrogens is 480 g/mol. The normalized spacial score (nSPS) is 10.1. The second-order valence-electron chi connectivity index (χ2n) is 6.79. The fraction of sp³-hybridized carbons (Fsp3) is 0.0667. The van der Waals surface area contributed by atoms with Gasteiger partial charge in [0, 0.05) is 0 Å². The second-order valence-corrected chi connectivity index (χ2v) is 6.79. The van der Waals surface area contributed by atoms with Gasteiger partial charge in [-0.2, -0.15) is 59.7 Å². The zero-order valence-corrected chi connectivity index (χ0v) is 23.0. The summed E-state index contributed by atoms with van der Waals surface area (Å²) in [4.78, 5) is 0. The Morgan fingerprint density at radius 1 is 0.500 bits per heavy atom. The van der Waals surface area contributed by atoms with Crippen molar-refractivity contribution in [3.8, 4) is 22.3 Å². The van der Waals surface area contributed by atoms with Crippen molar-refractivity contribution in [3.05, 3.63) is 149 Å². The minimum atomic E-state index is 0. The molecule has 32 heavy (non-hydrogen) atoms. The van der Waals surface area contributed by atoms with E-state index in [4.69, 9.17) is 0 Å². The van der Waals surface area contributed by atoms with Crippen LogP contribution in [-0.2, 0) is 36.2 Å². The molecule has 6 rings (SSSR count). The van der Waals surface area contributed by atoms with Crippen LogP contribution in [0.25, 0.3) is 22.3 Å². The van der Waals surface area contributed by atoms with Crippen LogP contribution in [0.5, 0.6) is 0 Å². The van der Waals surface area contributed by atoms with Crippen molar-refractivity contribution in [2.75, 3.05) is 0 Å². The van der Waals surface area contributed by atoms with Gasteiger partial charge in [-0.1, -0.05) is 70.8 Å². The molecule has 0 aromatic heterocycles. The van der Waals surface area contributed by atoms with Crippen LogP contribution in [0.4, 0.5) is 0 Å². The predicted octanol–water partition coefficient (Wildman–Crippen LogP) is 7.53. The van der Waals surface area contributed by atoms with Gasteiger partial charge in [-0.3, -0.25) is 0 Å². The van der Waals surface area contributed by atoms with Crippen molar-refractivity contribution in [1.82, 2.24) is 0 Å². The predicted molar refractivity (Wildman–Crippen MR) is 138 cm³/mol. The monoisotopic (exact) mass is 508 g/mol. The first kappa shape index (κ1) is 30.0. The van der Waals surface area contributed by atoms with Crippen molar-refractivity contribution in [2.45, 2.75) is 12.8 Å². The molecule has 0 saturated carbocycles. The van der Waals surface area contributed by atoms with Gasteiger partial charge >= 0.3 is 30.2 Å². The van der Waals surface area contributed by atoms with Crippen molar-refractivity contribution < 1.29 is 23.3 Å². The fourth-order valence-corrected chi connectivity index (χ4v) is 4.00. The molecule has 4 aromatic rings. The number of rotatable bonds is 0. The van der Waals surface area contributed by atoms with Crippen LogP contribution >= 0.6 is 0 Å². The largest absolute Gasteiger partial charge is 0.179 e. The Bertz CT molecular complexity index is 941.